The van der Waals surface area contributed by atoms with Crippen molar-refractivity contribution < 1.29 is 4.74 Å². The molecule has 2 fully saturated rings. The van der Waals surface area contributed by atoms with Gasteiger partial charge in [0.15, 0.2) is 0 Å². The van der Waals surface area contributed by atoms with Crippen LogP contribution in [0.5, 0.6) is 0 Å². The largest absolute Gasteiger partial charge is 0.371 e. The van der Waals surface area contributed by atoms with E-state index in [0.717, 1.165) is 25.7 Å². The van der Waals surface area contributed by atoms with Gasteiger partial charge in [-0.25, -0.2) is 0 Å². The lowest BCUT2D eigenvalue weighted by molar-refractivity contribution is -0.0155. The number of hydrogen-bond acceptors (Lipinski definition) is 1. The summed E-state index contributed by atoms with van der Waals surface area (Å²) in [5, 5.41) is 0. The van der Waals surface area contributed by atoms with Crippen LogP contribution in [0.1, 0.15) is 39.0 Å². The van der Waals surface area contributed by atoms with Crippen LogP contribution in [-0.4, -0.2) is 25.2 Å². The molecule has 3 heteroatoms. The Bertz CT molecular complexity index is 317. The molecule has 2 saturated heterocycles. The molecule has 0 aromatic heterocycles. The van der Waals surface area contributed by atoms with Gasteiger partial charge in [0.1, 0.15) is 0 Å². The van der Waals surface area contributed by atoms with Crippen molar-refractivity contribution in [2.24, 2.45) is 0 Å². The maximum absolute atomic E-state index is 6.53. The standard InChI is InChI=1S/C14H25ClOSi/c1-14(15)8-7-13-11(10-17(2,3)4)5-6-12(9-14)16-13/h10,12-13H,5-9H2,1-4H3/b11-10+/t12-,13-,14?/m1/s1. The summed E-state index contributed by atoms with van der Waals surface area (Å²) >= 11 is 6.53. The highest BCUT2D eigenvalue weighted by atomic mass is 35.5. The molecule has 2 bridgehead atoms. The molecular formula is C14H25ClOSi. The van der Waals surface area contributed by atoms with E-state index in [-0.39, 0.29) is 4.87 Å². The van der Waals surface area contributed by atoms with Gasteiger partial charge in [-0.15, -0.1) is 11.6 Å². The fourth-order valence-electron chi connectivity index (χ4n) is 3.01. The molecule has 2 rings (SSSR count). The highest BCUT2D eigenvalue weighted by molar-refractivity contribution is 6.81. The molecule has 0 saturated carbocycles. The average Bonchev–Trinajstić information content (AvgIpc) is 2.26. The first-order valence-corrected chi connectivity index (χ1v) is 10.8. The van der Waals surface area contributed by atoms with E-state index in [9.17, 15) is 0 Å². The summed E-state index contributed by atoms with van der Waals surface area (Å²) in [5.74, 6) is 0. The maximum atomic E-state index is 6.53. The summed E-state index contributed by atoms with van der Waals surface area (Å²) in [6.45, 7) is 9.36. The second kappa shape index (κ2) is 4.71. The van der Waals surface area contributed by atoms with Crippen molar-refractivity contribution in [3.63, 3.8) is 0 Å². The van der Waals surface area contributed by atoms with E-state index in [1.54, 1.807) is 5.57 Å². The van der Waals surface area contributed by atoms with E-state index in [4.69, 9.17) is 16.3 Å². The van der Waals surface area contributed by atoms with Crippen molar-refractivity contribution in [3.8, 4) is 0 Å². The summed E-state index contributed by atoms with van der Waals surface area (Å²) < 4.78 is 6.21. The Morgan fingerprint density at radius 3 is 2.71 bits per heavy atom. The van der Waals surface area contributed by atoms with Gasteiger partial charge in [0.05, 0.1) is 20.3 Å². The van der Waals surface area contributed by atoms with Gasteiger partial charge in [0.2, 0.25) is 0 Å². The number of hydrogen-bond donors (Lipinski definition) is 0. The van der Waals surface area contributed by atoms with Gasteiger partial charge in [0, 0.05) is 4.87 Å². The van der Waals surface area contributed by atoms with E-state index >= 15 is 0 Å². The Balaban J connectivity index is 2.14. The Hall–Kier alpha value is 0.207. The molecule has 0 aromatic rings. The maximum Gasteiger partial charge on any atom is 0.0785 e. The summed E-state index contributed by atoms with van der Waals surface area (Å²) in [5.41, 5.74) is 4.11. The zero-order valence-corrected chi connectivity index (χ0v) is 13.3. The van der Waals surface area contributed by atoms with Crippen molar-refractivity contribution in [2.75, 3.05) is 0 Å². The van der Waals surface area contributed by atoms with E-state index in [2.05, 4.69) is 32.3 Å². The first kappa shape index (κ1) is 13.6. The van der Waals surface area contributed by atoms with Crippen LogP contribution in [-0.2, 0) is 4.74 Å². The van der Waals surface area contributed by atoms with Gasteiger partial charge in [-0.2, -0.15) is 0 Å². The molecule has 17 heavy (non-hydrogen) atoms. The van der Waals surface area contributed by atoms with E-state index < -0.39 is 8.07 Å². The highest BCUT2D eigenvalue weighted by Crippen LogP contribution is 2.40. The molecular weight excluding hydrogens is 248 g/mol. The van der Waals surface area contributed by atoms with E-state index in [1.807, 2.05) is 0 Å². The van der Waals surface area contributed by atoms with Crippen LogP contribution in [0, 0.1) is 0 Å². The van der Waals surface area contributed by atoms with Crippen molar-refractivity contribution in [3.05, 3.63) is 11.3 Å². The SMILES string of the molecule is CC1(Cl)CC[C@H]2O[C@H](CC/C2=C\[Si](C)(C)C)C1. The number of rotatable bonds is 1. The highest BCUT2D eigenvalue weighted by Gasteiger charge is 2.37. The predicted octanol–water partition coefficient (Wildman–Crippen LogP) is 4.52. The number of ether oxygens (including phenoxy) is 1. The molecule has 2 aliphatic heterocycles. The quantitative estimate of drug-likeness (QED) is 0.504. The van der Waals surface area contributed by atoms with Gasteiger partial charge in [-0.05, 0) is 44.6 Å². The molecule has 1 unspecified atom stereocenters. The molecule has 0 aliphatic carbocycles. The summed E-state index contributed by atoms with van der Waals surface area (Å²) in [7, 11) is -1.13. The minimum atomic E-state index is -1.13. The third kappa shape index (κ3) is 3.83. The topological polar surface area (TPSA) is 9.23 Å². The van der Waals surface area contributed by atoms with Crippen LogP contribution < -0.4 is 0 Å². The summed E-state index contributed by atoms with van der Waals surface area (Å²) in [6.07, 6.45) is 6.35. The second-order valence-corrected chi connectivity index (χ2v) is 13.0. The van der Waals surface area contributed by atoms with Crippen LogP contribution in [0.2, 0.25) is 19.6 Å². The third-order valence-corrected chi connectivity index (χ3v) is 5.30. The molecule has 0 amide bonds. The van der Waals surface area contributed by atoms with Crippen molar-refractivity contribution in [2.45, 2.75) is 75.8 Å². The normalized spacial score (nSPS) is 41.4. The van der Waals surface area contributed by atoms with Crippen molar-refractivity contribution >= 4 is 19.7 Å². The van der Waals surface area contributed by atoms with Crippen molar-refractivity contribution in [1.82, 2.24) is 0 Å². The van der Waals surface area contributed by atoms with Crippen molar-refractivity contribution in [1.29, 1.82) is 0 Å². The van der Waals surface area contributed by atoms with Gasteiger partial charge < -0.3 is 4.74 Å². The molecule has 0 radical (unpaired) electrons. The van der Waals surface area contributed by atoms with Gasteiger partial charge in [-0.1, -0.05) is 25.3 Å². The Morgan fingerprint density at radius 1 is 1.35 bits per heavy atom. The number of halogens is 1. The third-order valence-electron chi connectivity index (χ3n) is 3.72. The summed E-state index contributed by atoms with van der Waals surface area (Å²) in [4.78, 5) is -0.0476. The monoisotopic (exact) mass is 272 g/mol. The Morgan fingerprint density at radius 2 is 2.06 bits per heavy atom. The minimum Gasteiger partial charge on any atom is -0.371 e. The first-order chi connectivity index (χ1) is 7.75. The Labute approximate surface area is 112 Å². The van der Waals surface area contributed by atoms with Crippen LogP contribution in [0.15, 0.2) is 11.3 Å². The lowest BCUT2D eigenvalue weighted by atomic mass is 9.97. The fourth-order valence-corrected chi connectivity index (χ4v) is 4.73. The van der Waals surface area contributed by atoms with Crippen LogP contribution >= 0.6 is 11.6 Å². The van der Waals surface area contributed by atoms with Gasteiger partial charge in [-0.3, -0.25) is 0 Å². The van der Waals surface area contributed by atoms with Gasteiger partial charge >= 0.3 is 0 Å². The fraction of sp³-hybridized carbons (Fsp3) is 0.857. The van der Waals surface area contributed by atoms with Crippen LogP contribution in [0.25, 0.3) is 0 Å². The molecule has 0 N–H and O–H groups in total. The predicted molar refractivity (Wildman–Crippen MR) is 77.4 cm³/mol. The first-order valence-electron chi connectivity index (χ1n) is 6.81. The Kier molecular flexibility index (Phi) is 3.78. The molecule has 3 atom stereocenters. The van der Waals surface area contributed by atoms with Crippen LogP contribution in [0.4, 0.5) is 0 Å². The lowest BCUT2D eigenvalue weighted by Gasteiger charge is -2.32. The smallest absolute Gasteiger partial charge is 0.0785 e. The second-order valence-electron chi connectivity index (χ2n) is 7.03. The number of alkyl halides is 1. The molecule has 98 valence electrons. The average molecular weight is 273 g/mol. The summed E-state index contributed by atoms with van der Waals surface area (Å²) in [6, 6.07) is 0. The van der Waals surface area contributed by atoms with E-state index in [1.165, 1.54) is 6.42 Å². The van der Waals surface area contributed by atoms with E-state index in [0.29, 0.717) is 12.2 Å². The molecule has 0 spiro atoms. The zero-order chi connectivity index (χ0) is 12.7. The molecule has 1 nitrogen and oxygen atoms in total. The lowest BCUT2D eigenvalue weighted by Crippen LogP contribution is -2.31. The molecule has 2 aliphatic rings. The minimum absolute atomic E-state index is 0.0476. The van der Waals surface area contributed by atoms with Gasteiger partial charge in [0.25, 0.3) is 0 Å². The zero-order valence-electron chi connectivity index (χ0n) is 11.6. The molecule has 2 heterocycles. The molecule has 0 aromatic carbocycles. The van der Waals surface area contributed by atoms with Crippen LogP contribution in [0.3, 0.4) is 0 Å². The number of fused-ring (bicyclic) bond motifs is 2.